The first-order valence-electron chi connectivity index (χ1n) is 7.64. The second kappa shape index (κ2) is 6.51. The van der Waals surface area contributed by atoms with E-state index in [0.717, 1.165) is 43.8 Å². The van der Waals surface area contributed by atoms with Crippen molar-refractivity contribution in [3.63, 3.8) is 0 Å². The average Bonchev–Trinajstić information content (AvgIpc) is 2.42. The predicted molar refractivity (Wildman–Crippen MR) is 78.9 cm³/mol. The molecule has 1 aliphatic carbocycles. The molecule has 1 aliphatic rings. The zero-order chi connectivity index (χ0) is 13.7. The van der Waals surface area contributed by atoms with Crippen molar-refractivity contribution >= 4 is 0 Å². The molecule has 1 N–H and O–H groups in total. The van der Waals surface area contributed by atoms with Gasteiger partial charge in [-0.2, -0.15) is 0 Å². The summed E-state index contributed by atoms with van der Waals surface area (Å²) in [6.45, 7) is 6.41. The lowest BCUT2D eigenvalue weighted by Gasteiger charge is -2.40. The van der Waals surface area contributed by atoms with Crippen LogP contribution in [0.15, 0.2) is 24.3 Å². The third-order valence-corrected chi connectivity index (χ3v) is 4.57. The fourth-order valence-corrected chi connectivity index (χ4v) is 3.25. The summed E-state index contributed by atoms with van der Waals surface area (Å²) in [7, 11) is 0. The fourth-order valence-electron chi connectivity index (χ4n) is 3.25. The van der Waals surface area contributed by atoms with E-state index >= 15 is 0 Å². The molecule has 0 radical (unpaired) electrons. The van der Waals surface area contributed by atoms with Gasteiger partial charge < -0.3 is 5.32 Å². The number of hydrogen-bond acceptors (Lipinski definition) is 1. The minimum absolute atomic E-state index is 0.00697. The molecule has 0 heterocycles. The van der Waals surface area contributed by atoms with Crippen molar-refractivity contribution in [3.8, 4) is 0 Å². The molecule has 106 valence electrons. The molecule has 19 heavy (non-hydrogen) atoms. The molecule has 2 heteroatoms. The maximum absolute atomic E-state index is 14.2. The molecule has 2 rings (SSSR count). The molecule has 1 fully saturated rings. The van der Waals surface area contributed by atoms with E-state index in [2.05, 4.69) is 19.2 Å². The van der Waals surface area contributed by atoms with Crippen molar-refractivity contribution in [3.05, 3.63) is 35.6 Å². The number of hydrogen-bond donors (Lipinski definition) is 1. The Morgan fingerprint density at radius 2 is 1.95 bits per heavy atom. The van der Waals surface area contributed by atoms with Gasteiger partial charge >= 0.3 is 0 Å². The first-order valence-corrected chi connectivity index (χ1v) is 7.64. The Hall–Kier alpha value is -0.890. The Balaban J connectivity index is 2.21. The van der Waals surface area contributed by atoms with E-state index in [4.69, 9.17) is 0 Å². The maximum atomic E-state index is 14.2. The van der Waals surface area contributed by atoms with Crippen molar-refractivity contribution < 1.29 is 4.39 Å². The van der Waals surface area contributed by atoms with Crippen molar-refractivity contribution in [2.75, 3.05) is 13.1 Å². The minimum atomic E-state index is -0.0321. The van der Waals surface area contributed by atoms with Crippen molar-refractivity contribution in [2.45, 2.75) is 51.4 Å². The Bertz CT molecular complexity index is 394. The van der Waals surface area contributed by atoms with E-state index in [1.54, 1.807) is 12.1 Å². The molecular weight excluding hydrogens is 237 g/mol. The average molecular weight is 263 g/mol. The molecule has 0 aliphatic heterocycles. The normalized spacial score (nSPS) is 27.4. The fraction of sp³-hybridized carbons (Fsp3) is 0.647. The van der Waals surface area contributed by atoms with Gasteiger partial charge in [-0.1, -0.05) is 32.0 Å². The largest absolute Gasteiger partial charge is 0.316 e. The van der Waals surface area contributed by atoms with Crippen LogP contribution in [-0.4, -0.2) is 13.1 Å². The van der Waals surface area contributed by atoms with E-state index in [1.807, 2.05) is 12.1 Å². The number of halogens is 1. The highest BCUT2D eigenvalue weighted by molar-refractivity contribution is 5.28. The van der Waals surface area contributed by atoms with Gasteiger partial charge in [-0.3, -0.25) is 0 Å². The van der Waals surface area contributed by atoms with Gasteiger partial charge in [0.05, 0.1) is 0 Å². The maximum Gasteiger partial charge on any atom is 0.127 e. The molecule has 1 saturated carbocycles. The standard InChI is InChI=1S/C17H26FN/c1-3-12-19-13-17(10-8-14(2)9-11-17)15-6-4-5-7-16(15)18/h4-7,14,19H,3,8-13H2,1-2H3. The Labute approximate surface area is 116 Å². The predicted octanol–water partition coefficient (Wildman–Crippen LogP) is 4.27. The van der Waals surface area contributed by atoms with Gasteiger partial charge in [0.1, 0.15) is 5.82 Å². The van der Waals surface area contributed by atoms with Crippen LogP contribution >= 0.6 is 0 Å². The van der Waals surface area contributed by atoms with Crippen LogP contribution in [0.4, 0.5) is 4.39 Å². The van der Waals surface area contributed by atoms with E-state index < -0.39 is 0 Å². The minimum Gasteiger partial charge on any atom is -0.316 e. The van der Waals surface area contributed by atoms with E-state index in [1.165, 1.54) is 12.8 Å². The van der Waals surface area contributed by atoms with Crippen LogP contribution < -0.4 is 5.32 Å². The highest BCUT2D eigenvalue weighted by Crippen LogP contribution is 2.42. The number of benzene rings is 1. The van der Waals surface area contributed by atoms with E-state index in [-0.39, 0.29) is 11.2 Å². The molecule has 1 aromatic carbocycles. The van der Waals surface area contributed by atoms with Gasteiger partial charge in [0.2, 0.25) is 0 Å². The highest BCUT2D eigenvalue weighted by Gasteiger charge is 2.37. The Kier molecular flexibility index (Phi) is 4.98. The van der Waals surface area contributed by atoms with Crippen LogP contribution in [0.1, 0.15) is 51.5 Å². The zero-order valence-corrected chi connectivity index (χ0v) is 12.2. The lowest BCUT2D eigenvalue weighted by molar-refractivity contribution is 0.228. The summed E-state index contributed by atoms with van der Waals surface area (Å²) < 4.78 is 14.2. The van der Waals surface area contributed by atoms with Gasteiger partial charge in [0.15, 0.2) is 0 Å². The molecule has 1 nitrogen and oxygen atoms in total. The summed E-state index contributed by atoms with van der Waals surface area (Å²) >= 11 is 0. The smallest absolute Gasteiger partial charge is 0.127 e. The zero-order valence-electron chi connectivity index (χ0n) is 12.2. The highest BCUT2D eigenvalue weighted by atomic mass is 19.1. The second-order valence-electron chi connectivity index (χ2n) is 6.12. The van der Waals surface area contributed by atoms with E-state index in [9.17, 15) is 4.39 Å². The quantitative estimate of drug-likeness (QED) is 0.782. The van der Waals surface area contributed by atoms with Crippen molar-refractivity contribution in [1.29, 1.82) is 0 Å². The molecule has 0 aromatic heterocycles. The molecule has 0 bridgehead atoms. The van der Waals surface area contributed by atoms with Gasteiger partial charge in [-0.05, 0) is 56.2 Å². The molecule has 1 aromatic rings. The molecule has 0 atom stereocenters. The third-order valence-electron chi connectivity index (χ3n) is 4.57. The topological polar surface area (TPSA) is 12.0 Å². The van der Waals surface area contributed by atoms with Gasteiger partial charge in [-0.25, -0.2) is 4.39 Å². The Morgan fingerprint density at radius 3 is 2.58 bits per heavy atom. The second-order valence-corrected chi connectivity index (χ2v) is 6.12. The lowest BCUT2D eigenvalue weighted by atomic mass is 9.66. The molecule has 0 unspecified atom stereocenters. The third kappa shape index (κ3) is 3.36. The summed E-state index contributed by atoms with van der Waals surface area (Å²) in [5.41, 5.74) is 0.929. The van der Waals surface area contributed by atoms with Crippen LogP contribution in [-0.2, 0) is 5.41 Å². The SMILES string of the molecule is CCCNCC1(c2ccccc2F)CCC(C)CC1. The lowest BCUT2D eigenvalue weighted by Crippen LogP contribution is -2.42. The van der Waals surface area contributed by atoms with Crippen molar-refractivity contribution in [2.24, 2.45) is 5.92 Å². The summed E-state index contributed by atoms with van der Waals surface area (Å²) in [6.07, 6.45) is 5.76. The number of nitrogens with one attached hydrogen (secondary N) is 1. The molecule has 0 saturated heterocycles. The van der Waals surface area contributed by atoms with Gasteiger partial charge in [-0.15, -0.1) is 0 Å². The van der Waals surface area contributed by atoms with E-state index in [0.29, 0.717) is 0 Å². The molecular formula is C17H26FN. The summed E-state index contributed by atoms with van der Waals surface area (Å²) in [5, 5.41) is 3.52. The first kappa shape index (κ1) is 14.5. The number of rotatable bonds is 5. The van der Waals surface area contributed by atoms with Crippen LogP contribution in [0.2, 0.25) is 0 Å². The monoisotopic (exact) mass is 263 g/mol. The van der Waals surface area contributed by atoms with Crippen LogP contribution in [0.3, 0.4) is 0 Å². The summed E-state index contributed by atoms with van der Waals surface area (Å²) in [4.78, 5) is 0. The van der Waals surface area contributed by atoms with Crippen LogP contribution in [0.25, 0.3) is 0 Å². The molecule has 0 spiro atoms. The summed E-state index contributed by atoms with van der Waals surface area (Å²) in [6, 6.07) is 7.35. The molecule has 0 amide bonds. The van der Waals surface area contributed by atoms with Gasteiger partial charge in [0.25, 0.3) is 0 Å². The summed E-state index contributed by atoms with van der Waals surface area (Å²) in [5.74, 6) is 0.751. The van der Waals surface area contributed by atoms with Crippen LogP contribution in [0, 0.1) is 11.7 Å². The van der Waals surface area contributed by atoms with Crippen molar-refractivity contribution in [1.82, 2.24) is 5.32 Å². The van der Waals surface area contributed by atoms with Gasteiger partial charge in [0, 0.05) is 12.0 Å². The Morgan fingerprint density at radius 1 is 1.26 bits per heavy atom. The first-order chi connectivity index (χ1) is 9.18. The van der Waals surface area contributed by atoms with Crippen LogP contribution in [0.5, 0.6) is 0 Å².